The summed E-state index contributed by atoms with van der Waals surface area (Å²) < 4.78 is 20.4. The van der Waals surface area contributed by atoms with Gasteiger partial charge in [-0.05, 0) is 54.1 Å². The fourth-order valence-corrected chi connectivity index (χ4v) is 3.79. The van der Waals surface area contributed by atoms with Gasteiger partial charge in [-0.3, -0.25) is 9.36 Å². The standard InChI is InChI=1S/C22H18ClFN4O2S/c23-17-7-5-16(6-8-17)21-26-27-22(28(21)13-19-2-1-11-30-19)31-14-20(29)25-12-15-3-9-18(24)10-4-15/h1-11H,12-14H2,(H,25,29). The van der Waals surface area contributed by atoms with E-state index < -0.39 is 0 Å². The molecular formula is C22H18ClFN4O2S. The number of benzene rings is 2. The molecule has 0 radical (unpaired) electrons. The molecule has 6 nitrogen and oxygen atoms in total. The van der Waals surface area contributed by atoms with Gasteiger partial charge < -0.3 is 9.73 Å². The second-order valence-electron chi connectivity index (χ2n) is 6.67. The predicted octanol–water partition coefficient (Wildman–Crippen LogP) is 4.79. The van der Waals surface area contributed by atoms with Crippen molar-refractivity contribution in [2.24, 2.45) is 0 Å². The van der Waals surface area contributed by atoms with Crippen LogP contribution in [0.3, 0.4) is 0 Å². The van der Waals surface area contributed by atoms with Crippen molar-refractivity contribution < 1.29 is 13.6 Å². The number of rotatable bonds is 8. The van der Waals surface area contributed by atoms with Crippen LogP contribution in [0.1, 0.15) is 11.3 Å². The fourth-order valence-electron chi connectivity index (χ4n) is 2.89. The zero-order valence-electron chi connectivity index (χ0n) is 16.3. The number of amides is 1. The molecule has 0 spiro atoms. The molecule has 31 heavy (non-hydrogen) atoms. The maximum absolute atomic E-state index is 13.0. The molecule has 1 amide bonds. The van der Waals surface area contributed by atoms with E-state index >= 15 is 0 Å². The Balaban J connectivity index is 1.46. The Morgan fingerprint density at radius 1 is 1.10 bits per heavy atom. The number of carbonyl (C=O) groups is 1. The molecule has 2 heterocycles. The van der Waals surface area contributed by atoms with Crippen molar-refractivity contribution in [2.45, 2.75) is 18.2 Å². The molecule has 0 fully saturated rings. The molecule has 4 rings (SSSR count). The molecule has 0 aliphatic carbocycles. The quantitative estimate of drug-likeness (QED) is 0.386. The SMILES string of the molecule is O=C(CSc1nnc(-c2ccc(Cl)cc2)n1Cc1ccco1)NCc1ccc(F)cc1. The Morgan fingerprint density at radius 3 is 2.58 bits per heavy atom. The van der Waals surface area contributed by atoms with Gasteiger partial charge in [-0.2, -0.15) is 0 Å². The van der Waals surface area contributed by atoms with E-state index in [1.807, 2.05) is 28.8 Å². The zero-order chi connectivity index (χ0) is 21.6. The summed E-state index contributed by atoms with van der Waals surface area (Å²) in [5.41, 5.74) is 1.68. The van der Waals surface area contributed by atoms with Crippen LogP contribution in [-0.4, -0.2) is 26.4 Å². The lowest BCUT2D eigenvalue weighted by atomic mass is 10.2. The van der Waals surface area contributed by atoms with Crippen LogP contribution in [0.15, 0.2) is 76.5 Å². The van der Waals surface area contributed by atoms with E-state index in [1.165, 1.54) is 23.9 Å². The molecule has 1 N–H and O–H groups in total. The van der Waals surface area contributed by atoms with E-state index in [2.05, 4.69) is 15.5 Å². The van der Waals surface area contributed by atoms with Crippen LogP contribution in [0, 0.1) is 5.82 Å². The van der Waals surface area contributed by atoms with Gasteiger partial charge in [-0.25, -0.2) is 4.39 Å². The number of halogens is 2. The number of hydrogen-bond donors (Lipinski definition) is 1. The first-order valence-corrected chi connectivity index (χ1v) is 10.8. The highest BCUT2D eigenvalue weighted by Crippen LogP contribution is 2.26. The second-order valence-corrected chi connectivity index (χ2v) is 8.05. The highest BCUT2D eigenvalue weighted by molar-refractivity contribution is 7.99. The smallest absolute Gasteiger partial charge is 0.230 e. The van der Waals surface area contributed by atoms with Gasteiger partial charge >= 0.3 is 0 Å². The van der Waals surface area contributed by atoms with Gasteiger partial charge in [-0.1, -0.05) is 35.5 Å². The lowest BCUT2D eigenvalue weighted by Crippen LogP contribution is -2.24. The average Bonchev–Trinajstić information content (AvgIpc) is 3.43. The van der Waals surface area contributed by atoms with Gasteiger partial charge in [0.05, 0.1) is 18.6 Å². The van der Waals surface area contributed by atoms with Crippen LogP contribution in [0.4, 0.5) is 4.39 Å². The number of hydrogen-bond acceptors (Lipinski definition) is 5. The van der Waals surface area contributed by atoms with Gasteiger partial charge in [0.2, 0.25) is 5.91 Å². The summed E-state index contributed by atoms with van der Waals surface area (Å²) in [5, 5.41) is 12.6. The number of furan rings is 1. The molecule has 158 valence electrons. The summed E-state index contributed by atoms with van der Waals surface area (Å²) in [4.78, 5) is 12.3. The molecule has 0 aliphatic rings. The average molecular weight is 457 g/mol. The van der Waals surface area contributed by atoms with Gasteiger partial charge in [0.1, 0.15) is 11.6 Å². The number of thioether (sulfide) groups is 1. The minimum absolute atomic E-state index is 0.157. The van der Waals surface area contributed by atoms with Crippen molar-refractivity contribution in [3.63, 3.8) is 0 Å². The van der Waals surface area contributed by atoms with Crippen molar-refractivity contribution in [1.82, 2.24) is 20.1 Å². The molecule has 0 unspecified atom stereocenters. The monoisotopic (exact) mass is 456 g/mol. The third-order valence-corrected chi connectivity index (χ3v) is 5.67. The molecule has 0 bridgehead atoms. The Bertz CT molecular complexity index is 1150. The topological polar surface area (TPSA) is 73.0 Å². The summed E-state index contributed by atoms with van der Waals surface area (Å²) in [6, 6.07) is 17.0. The van der Waals surface area contributed by atoms with Crippen LogP contribution in [0.5, 0.6) is 0 Å². The molecule has 2 aromatic heterocycles. The summed E-state index contributed by atoms with van der Waals surface area (Å²) in [5.74, 6) is 1.10. The minimum atomic E-state index is -0.307. The Kier molecular flexibility index (Phi) is 6.69. The van der Waals surface area contributed by atoms with Crippen molar-refractivity contribution in [2.75, 3.05) is 5.75 Å². The Hall–Kier alpha value is -3.10. The van der Waals surface area contributed by atoms with Crippen LogP contribution < -0.4 is 5.32 Å². The number of nitrogens with zero attached hydrogens (tertiary/aromatic N) is 3. The summed E-state index contributed by atoms with van der Waals surface area (Å²) >= 11 is 7.28. The Labute approximate surface area is 187 Å². The van der Waals surface area contributed by atoms with Crippen molar-refractivity contribution in [3.05, 3.63) is 89.1 Å². The van der Waals surface area contributed by atoms with E-state index in [9.17, 15) is 9.18 Å². The number of carbonyl (C=O) groups excluding carboxylic acids is 1. The lowest BCUT2D eigenvalue weighted by molar-refractivity contribution is -0.118. The zero-order valence-corrected chi connectivity index (χ0v) is 17.9. The third kappa shape index (κ3) is 5.53. The van der Waals surface area contributed by atoms with Crippen LogP contribution >= 0.6 is 23.4 Å². The van der Waals surface area contributed by atoms with Gasteiger partial charge in [-0.15, -0.1) is 10.2 Å². The largest absolute Gasteiger partial charge is 0.467 e. The third-order valence-electron chi connectivity index (χ3n) is 4.45. The molecule has 0 saturated heterocycles. The summed E-state index contributed by atoms with van der Waals surface area (Å²) in [7, 11) is 0. The van der Waals surface area contributed by atoms with Crippen LogP contribution in [0.2, 0.25) is 5.02 Å². The van der Waals surface area contributed by atoms with Crippen molar-refractivity contribution >= 4 is 29.3 Å². The molecule has 9 heteroatoms. The Morgan fingerprint density at radius 2 is 1.87 bits per heavy atom. The summed E-state index contributed by atoms with van der Waals surface area (Å²) in [6.45, 7) is 0.756. The number of aromatic nitrogens is 3. The van der Waals surface area contributed by atoms with E-state index in [0.29, 0.717) is 29.1 Å². The predicted molar refractivity (Wildman–Crippen MR) is 117 cm³/mol. The molecule has 0 atom stereocenters. The second kappa shape index (κ2) is 9.80. The highest BCUT2D eigenvalue weighted by atomic mass is 35.5. The first kappa shape index (κ1) is 21.1. The first-order valence-electron chi connectivity index (χ1n) is 9.44. The van der Waals surface area contributed by atoms with Gasteiger partial charge in [0, 0.05) is 17.1 Å². The maximum atomic E-state index is 13.0. The van der Waals surface area contributed by atoms with E-state index in [0.717, 1.165) is 16.9 Å². The highest BCUT2D eigenvalue weighted by Gasteiger charge is 2.17. The van der Waals surface area contributed by atoms with Crippen LogP contribution in [0.25, 0.3) is 11.4 Å². The van der Waals surface area contributed by atoms with E-state index in [1.54, 1.807) is 30.5 Å². The van der Waals surface area contributed by atoms with Gasteiger partial charge in [0.15, 0.2) is 11.0 Å². The van der Waals surface area contributed by atoms with Crippen LogP contribution in [-0.2, 0) is 17.9 Å². The van der Waals surface area contributed by atoms with Crippen molar-refractivity contribution in [1.29, 1.82) is 0 Å². The van der Waals surface area contributed by atoms with E-state index in [-0.39, 0.29) is 17.5 Å². The normalized spacial score (nSPS) is 10.9. The van der Waals surface area contributed by atoms with Crippen molar-refractivity contribution in [3.8, 4) is 11.4 Å². The van der Waals surface area contributed by atoms with Gasteiger partial charge in [0.25, 0.3) is 0 Å². The molecule has 0 saturated carbocycles. The number of nitrogens with one attached hydrogen (secondary N) is 1. The first-order chi connectivity index (χ1) is 15.1. The summed E-state index contributed by atoms with van der Waals surface area (Å²) in [6.07, 6.45) is 1.61. The van der Waals surface area contributed by atoms with E-state index in [4.69, 9.17) is 16.0 Å². The fraction of sp³-hybridized carbons (Fsp3) is 0.136. The molecule has 0 aliphatic heterocycles. The molecule has 2 aromatic carbocycles. The lowest BCUT2D eigenvalue weighted by Gasteiger charge is -2.09. The molecular weight excluding hydrogens is 439 g/mol. The molecule has 4 aromatic rings. The minimum Gasteiger partial charge on any atom is -0.467 e. The maximum Gasteiger partial charge on any atom is 0.230 e.